The number of ether oxygens (including phenoxy) is 1. The molecule has 0 unspecified atom stereocenters. The quantitative estimate of drug-likeness (QED) is 0.798. The molecule has 6 nitrogen and oxygen atoms in total. The summed E-state index contributed by atoms with van der Waals surface area (Å²) in [5.74, 6) is -0.323. The van der Waals surface area contributed by atoms with E-state index in [0.717, 1.165) is 11.3 Å². The Balaban J connectivity index is 1.95. The number of pyridine rings is 1. The lowest BCUT2D eigenvalue weighted by molar-refractivity contribution is 0.0696. The highest BCUT2D eigenvalue weighted by Gasteiger charge is 2.06. The van der Waals surface area contributed by atoms with Crippen LogP contribution in [0.5, 0.6) is 5.75 Å². The van der Waals surface area contributed by atoms with Gasteiger partial charge in [-0.05, 0) is 35.9 Å². The summed E-state index contributed by atoms with van der Waals surface area (Å²) in [6, 6.07) is 11.8. The number of rotatable bonds is 4. The van der Waals surface area contributed by atoms with Gasteiger partial charge < -0.3 is 9.84 Å². The smallest absolute Gasteiger partial charge is 0.337 e. The molecule has 120 valence electrons. The van der Waals surface area contributed by atoms with Crippen LogP contribution in [0, 0.1) is 0 Å². The summed E-state index contributed by atoms with van der Waals surface area (Å²) in [6.45, 7) is 0. The molecule has 0 atom stereocenters. The van der Waals surface area contributed by atoms with Gasteiger partial charge in [0.25, 0.3) is 5.56 Å². The van der Waals surface area contributed by atoms with E-state index in [9.17, 15) is 9.59 Å². The molecule has 2 heterocycles. The first-order valence-electron chi connectivity index (χ1n) is 7.16. The Labute approximate surface area is 137 Å². The fraction of sp³-hybridized carbons (Fsp3) is 0.0556. The Morgan fingerprint density at radius 2 is 1.92 bits per heavy atom. The number of aromatic nitrogens is 2. The van der Waals surface area contributed by atoms with Gasteiger partial charge in [-0.2, -0.15) is 0 Å². The molecule has 24 heavy (non-hydrogen) atoms. The number of hydrogen-bond acceptors (Lipinski definition) is 4. The lowest BCUT2D eigenvalue weighted by Crippen LogP contribution is -2.15. The second-order valence-electron chi connectivity index (χ2n) is 5.08. The molecule has 0 aliphatic carbocycles. The minimum Gasteiger partial charge on any atom is -0.497 e. The van der Waals surface area contributed by atoms with E-state index in [4.69, 9.17) is 9.84 Å². The number of nitrogens with zero attached hydrogens (tertiary/aromatic N) is 2. The van der Waals surface area contributed by atoms with Crippen LogP contribution in [-0.4, -0.2) is 27.6 Å². The lowest BCUT2D eigenvalue weighted by Gasteiger charge is -2.03. The van der Waals surface area contributed by atoms with E-state index >= 15 is 0 Å². The number of carboxylic acids is 1. The van der Waals surface area contributed by atoms with Crippen LogP contribution in [0.3, 0.4) is 0 Å². The van der Waals surface area contributed by atoms with Crippen molar-refractivity contribution in [2.24, 2.45) is 0 Å². The Morgan fingerprint density at radius 3 is 2.58 bits per heavy atom. The zero-order valence-electron chi connectivity index (χ0n) is 12.8. The molecule has 0 radical (unpaired) electrons. The summed E-state index contributed by atoms with van der Waals surface area (Å²) in [4.78, 5) is 27.5. The van der Waals surface area contributed by atoms with Crippen molar-refractivity contribution in [2.75, 3.05) is 7.11 Å². The van der Waals surface area contributed by atoms with E-state index in [1.165, 1.54) is 28.8 Å². The highest BCUT2D eigenvalue weighted by molar-refractivity contribution is 5.87. The number of methoxy groups -OCH3 is 1. The Bertz CT molecular complexity index is 988. The molecular weight excluding hydrogens is 308 g/mol. The van der Waals surface area contributed by atoms with Crippen molar-refractivity contribution >= 4 is 23.8 Å². The molecule has 1 aromatic carbocycles. The van der Waals surface area contributed by atoms with Gasteiger partial charge in [0, 0.05) is 12.3 Å². The van der Waals surface area contributed by atoms with Gasteiger partial charge in [0.05, 0.1) is 18.4 Å². The predicted octanol–water partition coefficient (Wildman–Crippen LogP) is 2.57. The van der Waals surface area contributed by atoms with Crippen LogP contribution in [-0.2, 0) is 0 Å². The molecule has 0 bridgehead atoms. The standard InChI is InChI=1S/C18H14N2O4/c1-24-15-7-3-12(4-8-15)2-6-14-10-17(21)20-11-13(18(22)23)5-9-16(20)19-14/h2-11H,1H3,(H,22,23)/b6-2+. The third-order valence-corrected chi connectivity index (χ3v) is 3.49. The van der Waals surface area contributed by atoms with Crippen molar-refractivity contribution in [1.29, 1.82) is 0 Å². The van der Waals surface area contributed by atoms with Gasteiger partial charge in [-0.25, -0.2) is 9.78 Å². The molecule has 0 fully saturated rings. The SMILES string of the molecule is COc1ccc(/C=C/c2cc(=O)n3cc(C(=O)O)ccc3n2)cc1. The molecule has 0 spiro atoms. The number of benzene rings is 1. The van der Waals surface area contributed by atoms with Crippen molar-refractivity contribution in [2.45, 2.75) is 0 Å². The maximum Gasteiger partial charge on any atom is 0.337 e. The van der Waals surface area contributed by atoms with Crippen LogP contribution in [0.4, 0.5) is 0 Å². The van der Waals surface area contributed by atoms with E-state index in [1.54, 1.807) is 13.2 Å². The van der Waals surface area contributed by atoms with Crippen LogP contribution < -0.4 is 10.3 Å². The molecule has 0 aliphatic rings. The molecule has 0 amide bonds. The van der Waals surface area contributed by atoms with E-state index in [-0.39, 0.29) is 11.1 Å². The minimum atomic E-state index is -1.09. The Morgan fingerprint density at radius 1 is 1.17 bits per heavy atom. The summed E-state index contributed by atoms with van der Waals surface area (Å²) in [6.07, 6.45) is 4.83. The largest absolute Gasteiger partial charge is 0.497 e. The van der Waals surface area contributed by atoms with Crippen LogP contribution in [0.25, 0.3) is 17.8 Å². The van der Waals surface area contributed by atoms with E-state index < -0.39 is 5.97 Å². The number of hydrogen-bond donors (Lipinski definition) is 1. The summed E-state index contributed by atoms with van der Waals surface area (Å²) in [5.41, 5.74) is 1.53. The lowest BCUT2D eigenvalue weighted by atomic mass is 10.2. The minimum absolute atomic E-state index is 0.0351. The highest BCUT2D eigenvalue weighted by atomic mass is 16.5. The number of carbonyl (C=O) groups is 1. The molecule has 3 rings (SSSR count). The second-order valence-corrected chi connectivity index (χ2v) is 5.08. The third kappa shape index (κ3) is 3.17. The molecule has 6 heteroatoms. The highest BCUT2D eigenvalue weighted by Crippen LogP contribution is 2.13. The molecular formula is C18H14N2O4. The molecule has 0 aliphatic heterocycles. The van der Waals surface area contributed by atoms with Gasteiger partial charge in [-0.3, -0.25) is 9.20 Å². The van der Waals surface area contributed by atoms with Gasteiger partial charge in [0.1, 0.15) is 11.4 Å². The molecule has 2 aromatic heterocycles. The number of fused-ring (bicyclic) bond motifs is 1. The first-order valence-corrected chi connectivity index (χ1v) is 7.16. The molecule has 0 saturated carbocycles. The van der Waals surface area contributed by atoms with Crippen molar-refractivity contribution in [3.63, 3.8) is 0 Å². The summed E-state index contributed by atoms with van der Waals surface area (Å²) < 4.78 is 6.32. The van der Waals surface area contributed by atoms with Crippen molar-refractivity contribution in [3.8, 4) is 5.75 Å². The van der Waals surface area contributed by atoms with E-state index in [1.807, 2.05) is 30.3 Å². The number of carboxylic acid groups (broad SMARTS) is 1. The average Bonchev–Trinajstić information content (AvgIpc) is 2.60. The van der Waals surface area contributed by atoms with Crippen molar-refractivity contribution in [3.05, 3.63) is 75.8 Å². The monoisotopic (exact) mass is 322 g/mol. The van der Waals surface area contributed by atoms with E-state index in [2.05, 4.69) is 4.98 Å². The molecule has 1 N–H and O–H groups in total. The predicted molar refractivity (Wildman–Crippen MR) is 90.3 cm³/mol. The van der Waals surface area contributed by atoms with Gasteiger partial charge in [-0.1, -0.05) is 18.2 Å². The Kier molecular flexibility index (Phi) is 4.11. The fourth-order valence-electron chi connectivity index (χ4n) is 2.23. The maximum absolute atomic E-state index is 12.1. The van der Waals surface area contributed by atoms with Crippen molar-refractivity contribution < 1.29 is 14.6 Å². The Hall–Kier alpha value is -3.41. The van der Waals surface area contributed by atoms with Gasteiger partial charge in [-0.15, -0.1) is 0 Å². The van der Waals surface area contributed by atoms with Gasteiger partial charge in [0.2, 0.25) is 0 Å². The second kappa shape index (κ2) is 6.37. The van der Waals surface area contributed by atoms with Crippen LogP contribution in [0.15, 0.2) is 53.5 Å². The van der Waals surface area contributed by atoms with Crippen LogP contribution in [0.1, 0.15) is 21.6 Å². The zero-order chi connectivity index (χ0) is 17.1. The summed E-state index contributed by atoms with van der Waals surface area (Å²) >= 11 is 0. The fourth-order valence-corrected chi connectivity index (χ4v) is 2.23. The average molecular weight is 322 g/mol. The van der Waals surface area contributed by atoms with E-state index in [0.29, 0.717) is 11.3 Å². The molecule has 3 aromatic rings. The first kappa shape index (κ1) is 15.5. The van der Waals surface area contributed by atoms with Gasteiger partial charge >= 0.3 is 5.97 Å². The maximum atomic E-state index is 12.1. The van der Waals surface area contributed by atoms with Crippen LogP contribution in [0.2, 0.25) is 0 Å². The first-order chi connectivity index (χ1) is 11.6. The third-order valence-electron chi connectivity index (χ3n) is 3.49. The molecule has 0 saturated heterocycles. The summed E-state index contributed by atoms with van der Waals surface area (Å²) in [7, 11) is 1.60. The van der Waals surface area contributed by atoms with Crippen LogP contribution >= 0.6 is 0 Å². The number of aromatic carboxylic acids is 1. The van der Waals surface area contributed by atoms with Crippen molar-refractivity contribution in [1.82, 2.24) is 9.38 Å². The van der Waals surface area contributed by atoms with Gasteiger partial charge in [0.15, 0.2) is 0 Å². The zero-order valence-corrected chi connectivity index (χ0v) is 12.8. The normalized spacial score (nSPS) is 11.0. The summed E-state index contributed by atoms with van der Waals surface area (Å²) in [5, 5.41) is 8.98. The topological polar surface area (TPSA) is 80.9 Å².